The van der Waals surface area contributed by atoms with E-state index in [9.17, 15) is 9.90 Å². The number of rotatable bonds is 6. The van der Waals surface area contributed by atoms with Crippen LogP contribution in [0.25, 0.3) is 0 Å². The molecule has 1 heterocycles. The smallest absolute Gasteiger partial charge is 0.226 e. The van der Waals surface area contributed by atoms with Crippen LogP contribution in [0.1, 0.15) is 65.2 Å². The maximum atomic E-state index is 12.6. The van der Waals surface area contributed by atoms with Gasteiger partial charge in [0.2, 0.25) is 5.91 Å². The first-order valence-electron chi connectivity index (χ1n) is 7.65. The Labute approximate surface area is 112 Å². The van der Waals surface area contributed by atoms with Crippen LogP contribution in [-0.4, -0.2) is 35.1 Å². The van der Waals surface area contributed by atoms with E-state index in [0.29, 0.717) is 5.91 Å². The van der Waals surface area contributed by atoms with Gasteiger partial charge in [0.15, 0.2) is 0 Å². The monoisotopic (exact) mass is 255 g/mol. The second-order valence-electron chi connectivity index (χ2n) is 5.49. The molecule has 0 aromatic rings. The number of amides is 1. The molecule has 0 aliphatic carbocycles. The fourth-order valence-corrected chi connectivity index (χ4v) is 2.98. The van der Waals surface area contributed by atoms with E-state index in [1.165, 1.54) is 6.42 Å². The molecule has 106 valence electrons. The average Bonchev–Trinajstić information content (AvgIpc) is 2.62. The molecule has 3 nitrogen and oxygen atoms in total. The zero-order valence-electron chi connectivity index (χ0n) is 12.0. The number of hydrogen-bond acceptors (Lipinski definition) is 2. The highest BCUT2D eigenvalue weighted by atomic mass is 16.3. The van der Waals surface area contributed by atoms with Crippen LogP contribution in [0.5, 0.6) is 0 Å². The highest BCUT2D eigenvalue weighted by molar-refractivity contribution is 5.79. The van der Waals surface area contributed by atoms with Crippen molar-refractivity contribution in [1.29, 1.82) is 0 Å². The predicted octanol–water partition coefficient (Wildman–Crippen LogP) is 2.97. The van der Waals surface area contributed by atoms with Crippen LogP contribution in [0.2, 0.25) is 0 Å². The zero-order valence-corrected chi connectivity index (χ0v) is 12.0. The summed E-state index contributed by atoms with van der Waals surface area (Å²) in [5.41, 5.74) is 0. The maximum absolute atomic E-state index is 12.6. The number of hydrogen-bond donors (Lipinski definition) is 1. The van der Waals surface area contributed by atoms with Gasteiger partial charge in [-0.3, -0.25) is 4.79 Å². The van der Waals surface area contributed by atoms with Crippen molar-refractivity contribution in [3.63, 3.8) is 0 Å². The summed E-state index contributed by atoms with van der Waals surface area (Å²) in [5, 5.41) is 9.48. The molecule has 0 spiro atoms. The molecule has 1 unspecified atom stereocenters. The molecule has 0 saturated carbocycles. The lowest BCUT2D eigenvalue weighted by molar-refractivity contribution is -0.139. The van der Waals surface area contributed by atoms with Crippen LogP contribution in [0.4, 0.5) is 0 Å². The van der Waals surface area contributed by atoms with E-state index in [4.69, 9.17) is 0 Å². The van der Waals surface area contributed by atoms with E-state index in [-0.39, 0.29) is 18.6 Å². The van der Waals surface area contributed by atoms with Crippen LogP contribution < -0.4 is 0 Å². The maximum Gasteiger partial charge on any atom is 0.226 e. The SMILES string of the molecule is CCCC(CCC)C(=O)N1CCCCCC1CO. The minimum atomic E-state index is 0.0659. The van der Waals surface area contributed by atoms with Gasteiger partial charge in [-0.15, -0.1) is 0 Å². The molecule has 1 fully saturated rings. The molecule has 1 aliphatic heterocycles. The van der Waals surface area contributed by atoms with Crippen LogP contribution >= 0.6 is 0 Å². The standard InChI is InChI=1S/C15H29NO2/c1-3-8-13(9-4-2)15(18)16-11-7-5-6-10-14(16)12-17/h13-14,17H,3-12H2,1-2H3. The van der Waals surface area contributed by atoms with Crippen molar-refractivity contribution in [3.05, 3.63) is 0 Å². The molecular formula is C15H29NO2. The second kappa shape index (κ2) is 8.52. The number of aliphatic hydroxyl groups is 1. The normalized spacial score (nSPS) is 21.1. The molecule has 1 amide bonds. The summed E-state index contributed by atoms with van der Waals surface area (Å²) in [6.07, 6.45) is 8.48. The Bertz CT molecular complexity index is 237. The average molecular weight is 255 g/mol. The van der Waals surface area contributed by atoms with Crippen molar-refractivity contribution in [2.75, 3.05) is 13.2 Å². The summed E-state index contributed by atoms with van der Waals surface area (Å²) in [6, 6.07) is 0.0659. The lowest BCUT2D eigenvalue weighted by atomic mass is 9.95. The number of aliphatic hydroxyl groups excluding tert-OH is 1. The Balaban J connectivity index is 2.69. The lowest BCUT2D eigenvalue weighted by Crippen LogP contribution is -2.45. The van der Waals surface area contributed by atoms with Gasteiger partial charge in [-0.25, -0.2) is 0 Å². The summed E-state index contributed by atoms with van der Waals surface area (Å²) in [6.45, 7) is 5.24. The van der Waals surface area contributed by atoms with Gasteiger partial charge in [0.25, 0.3) is 0 Å². The van der Waals surface area contributed by atoms with Gasteiger partial charge < -0.3 is 10.0 Å². The van der Waals surface area contributed by atoms with E-state index >= 15 is 0 Å². The first-order chi connectivity index (χ1) is 8.74. The van der Waals surface area contributed by atoms with Crippen LogP contribution in [0, 0.1) is 5.92 Å². The third kappa shape index (κ3) is 4.27. The highest BCUT2D eigenvalue weighted by Crippen LogP contribution is 2.23. The van der Waals surface area contributed by atoms with Gasteiger partial charge in [-0.05, 0) is 25.7 Å². The van der Waals surface area contributed by atoms with E-state index in [1.807, 2.05) is 4.90 Å². The summed E-state index contributed by atoms with van der Waals surface area (Å²) in [7, 11) is 0. The molecule has 18 heavy (non-hydrogen) atoms. The quantitative estimate of drug-likeness (QED) is 0.792. The number of carbonyl (C=O) groups is 1. The molecule has 0 aromatic carbocycles. The lowest BCUT2D eigenvalue weighted by Gasteiger charge is -2.32. The van der Waals surface area contributed by atoms with Crippen LogP contribution in [0.15, 0.2) is 0 Å². The van der Waals surface area contributed by atoms with Crippen molar-refractivity contribution in [2.24, 2.45) is 5.92 Å². The Morgan fingerprint density at radius 2 is 1.89 bits per heavy atom. The van der Waals surface area contributed by atoms with Crippen molar-refractivity contribution in [3.8, 4) is 0 Å². The van der Waals surface area contributed by atoms with Gasteiger partial charge >= 0.3 is 0 Å². The Morgan fingerprint density at radius 3 is 2.44 bits per heavy atom. The Morgan fingerprint density at radius 1 is 1.22 bits per heavy atom. The van der Waals surface area contributed by atoms with E-state index in [1.54, 1.807) is 0 Å². The molecular weight excluding hydrogens is 226 g/mol. The molecule has 0 aromatic heterocycles. The van der Waals surface area contributed by atoms with E-state index < -0.39 is 0 Å². The predicted molar refractivity (Wildman–Crippen MR) is 74.4 cm³/mol. The van der Waals surface area contributed by atoms with Gasteiger partial charge in [0.1, 0.15) is 0 Å². The molecule has 1 rings (SSSR count). The number of nitrogens with zero attached hydrogens (tertiary/aromatic N) is 1. The second-order valence-corrected chi connectivity index (χ2v) is 5.49. The summed E-state index contributed by atoms with van der Waals surface area (Å²) in [5.74, 6) is 0.465. The van der Waals surface area contributed by atoms with E-state index in [2.05, 4.69) is 13.8 Å². The van der Waals surface area contributed by atoms with Crippen molar-refractivity contribution >= 4 is 5.91 Å². The summed E-state index contributed by atoms with van der Waals surface area (Å²) >= 11 is 0. The van der Waals surface area contributed by atoms with Crippen molar-refractivity contribution in [1.82, 2.24) is 4.90 Å². The number of carbonyl (C=O) groups excluding carboxylic acids is 1. The van der Waals surface area contributed by atoms with Gasteiger partial charge in [0.05, 0.1) is 12.6 Å². The van der Waals surface area contributed by atoms with E-state index in [0.717, 1.165) is 51.5 Å². The topological polar surface area (TPSA) is 40.5 Å². The fourth-order valence-electron chi connectivity index (χ4n) is 2.98. The minimum absolute atomic E-state index is 0.0659. The minimum Gasteiger partial charge on any atom is -0.394 e. The first kappa shape index (κ1) is 15.5. The van der Waals surface area contributed by atoms with Gasteiger partial charge in [0, 0.05) is 12.5 Å². The van der Waals surface area contributed by atoms with Crippen molar-refractivity contribution in [2.45, 2.75) is 71.3 Å². The molecule has 0 bridgehead atoms. The highest BCUT2D eigenvalue weighted by Gasteiger charge is 2.29. The van der Waals surface area contributed by atoms with Crippen LogP contribution in [-0.2, 0) is 4.79 Å². The molecule has 1 aliphatic rings. The third-order valence-corrected chi connectivity index (χ3v) is 3.99. The largest absolute Gasteiger partial charge is 0.394 e. The molecule has 1 atom stereocenters. The molecule has 0 radical (unpaired) electrons. The zero-order chi connectivity index (χ0) is 13.4. The number of likely N-dealkylation sites (tertiary alicyclic amines) is 1. The fraction of sp³-hybridized carbons (Fsp3) is 0.933. The third-order valence-electron chi connectivity index (χ3n) is 3.99. The molecule has 3 heteroatoms. The summed E-state index contributed by atoms with van der Waals surface area (Å²) in [4.78, 5) is 14.6. The first-order valence-corrected chi connectivity index (χ1v) is 7.65. The van der Waals surface area contributed by atoms with Gasteiger partial charge in [-0.1, -0.05) is 39.5 Å². The molecule has 1 saturated heterocycles. The van der Waals surface area contributed by atoms with Gasteiger partial charge in [-0.2, -0.15) is 0 Å². The summed E-state index contributed by atoms with van der Waals surface area (Å²) < 4.78 is 0. The van der Waals surface area contributed by atoms with Crippen LogP contribution in [0.3, 0.4) is 0 Å². The van der Waals surface area contributed by atoms with Crippen molar-refractivity contribution < 1.29 is 9.90 Å². The Kier molecular flexibility index (Phi) is 7.33. The molecule has 1 N–H and O–H groups in total. The Hall–Kier alpha value is -0.570.